The third-order valence-corrected chi connectivity index (χ3v) is 3.83. The van der Waals surface area contributed by atoms with Gasteiger partial charge in [-0.2, -0.15) is 0 Å². The van der Waals surface area contributed by atoms with E-state index in [2.05, 4.69) is 16.0 Å². The summed E-state index contributed by atoms with van der Waals surface area (Å²) in [6, 6.07) is 4.52. The van der Waals surface area contributed by atoms with Crippen LogP contribution in [-0.4, -0.2) is 48.2 Å². The zero-order chi connectivity index (χ0) is 22.9. The van der Waals surface area contributed by atoms with E-state index in [-0.39, 0.29) is 6.61 Å². The van der Waals surface area contributed by atoms with Gasteiger partial charge in [-0.3, -0.25) is 9.59 Å². The molecule has 0 aliphatic carbocycles. The van der Waals surface area contributed by atoms with Crippen molar-refractivity contribution in [2.24, 2.45) is 0 Å². The Hall–Kier alpha value is -3.10. The van der Waals surface area contributed by atoms with Gasteiger partial charge in [-0.25, -0.2) is 9.59 Å². The van der Waals surface area contributed by atoms with Crippen molar-refractivity contribution in [1.82, 2.24) is 10.6 Å². The molecule has 30 heavy (non-hydrogen) atoms. The number of benzene rings is 1. The maximum atomic E-state index is 12.4. The van der Waals surface area contributed by atoms with E-state index in [0.717, 1.165) is 0 Å². The minimum atomic E-state index is -0.850. The molecule has 0 spiro atoms. The highest BCUT2D eigenvalue weighted by molar-refractivity contribution is 5.98. The van der Waals surface area contributed by atoms with Crippen LogP contribution in [0.25, 0.3) is 0 Å². The number of anilines is 1. The topological polar surface area (TPSA) is 123 Å². The highest BCUT2D eigenvalue weighted by atomic mass is 16.6. The monoisotopic (exact) mass is 421 g/mol. The van der Waals surface area contributed by atoms with Crippen LogP contribution in [0.3, 0.4) is 0 Å². The van der Waals surface area contributed by atoms with E-state index in [4.69, 9.17) is 9.47 Å². The fourth-order valence-corrected chi connectivity index (χ4v) is 2.34. The van der Waals surface area contributed by atoms with Gasteiger partial charge < -0.3 is 25.4 Å². The Labute approximate surface area is 176 Å². The van der Waals surface area contributed by atoms with Gasteiger partial charge in [0.15, 0.2) is 0 Å². The van der Waals surface area contributed by atoms with Gasteiger partial charge in [0, 0.05) is 5.69 Å². The smallest absolute Gasteiger partial charge is 0.408 e. The average molecular weight is 421 g/mol. The molecule has 3 amide bonds. The van der Waals surface area contributed by atoms with Gasteiger partial charge in [0.1, 0.15) is 17.7 Å². The van der Waals surface area contributed by atoms with Crippen LogP contribution in [0.1, 0.15) is 58.3 Å². The summed E-state index contributed by atoms with van der Waals surface area (Å²) < 4.78 is 10.1. The number of hydrogen-bond acceptors (Lipinski definition) is 6. The predicted octanol–water partition coefficient (Wildman–Crippen LogP) is 2.61. The van der Waals surface area contributed by atoms with Crippen molar-refractivity contribution >= 4 is 29.6 Å². The average Bonchev–Trinajstić information content (AvgIpc) is 2.65. The first-order valence-electron chi connectivity index (χ1n) is 9.84. The van der Waals surface area contributed by atoms with Gasteiger partial charge in [0.25, 0.3) is 0 Å². The first-order chi connectivity index (χ1) is 14.0. The lowest BCUT2D eigenvalue weighted by Crippen LogP contribution is -2.52. The highest BCUT2D eigenvalue weighted by Crippen LogP contribution is 2.11. The summed E-state index contributed by atoms with van der Waals surface area (Å²) in [5, 5.41) is 7.72. The molecule has 0 bridgehead atoms. The van der Waals surface area contributed by atoms with Gasteiger partial charge in [0.05, 0.1) is 12.2 Å². The molecule has 0 saturated heterocycles. The second-order valence-electron chi connectivity index (χ2n) is 7.62. The quantitative estimate of drug-likeness (QED) is 0.555. The van der Waals surface area contributed by atoms with Gasteiger partial charge in [0.2, 0.25) is 11.8 Å². The number of amides is 3. The fourth-order valence-electron chi connectivity index (χ4n) is 2.34. The van der Waals surface area contributed by atoms with Crippen molar-refractivity contribution in [1.29, 1.82) is 0 Å². The molecular formula is C21H31N3O6. The Morgan fingerprint density at radius 2 is 1.57 bits per heavy atom. The largest absolute Gasteiger partial charge is 0.462 e. The minimum absolute atomic E-state index is 0.274. The maximum Gasteiger partial charge on any atom is 0.408 e. The van der Waals surface area contributed by atoms with E-state index < -0.39 is 41.6 Å². The van der Waals surface area contributed by atoms with Gasteiger partial charge >= 0.3 is 12.1 Å². The molecule has 9 heteroatoms. The van der Waals surface area contributed by atoms with Crippen molar-refractivity contribution in [2.75, 3.05) is 11.9 Å². The van der Waals surface area contributed by atoms with E-state index in [9.17, 15) is 19.2 Å². The van der Waals surface area contributed by atoms with Gasteiger partial charge in [-0.15, -0.1) is 0 Å². The van der Waals surface area contributed by atoms with Crippen LogP contribution in [0.15, 0.2) is 24.3 Å². The van der Waals surface area contributed by atoms with Crippen LogP contribution in [-0.2, 0) is 19.1 Å². The molecule has 0 unspecified atom stereocenters. The second-order valence-corrected chi connectivity index (χ2v) is 7.62. The number of carbonyl (C=O) groups is 4. The minimum Gasteiger partial charge on any atom is -0.462 e. The van der Waals surface area contributed by atoms with Gasteiger partial charge in [-0.1, -0.05) is 6.92 Å². The molecule has 1 rings (SSSR count). The number of carbonyl (C=O) groups excluding carboxylic acids is 4. The Bertz CT molecular complexity index is 755. The number of alkyl carbamates (subject to hydrolysis) is 1. The number of ether oxygens (including phenoxy) is 2. The summed E-state index contributed by atoms with van der Waals surface area (Å²) >= 11 is 0. The molecule has 0 aliphatic heterocycles. The first-order valence-corrected chi connectivity index (χ1v) is 9.84. The molecule has 1 aromatic carbocycles. The fraction of sp³-hybridized carbons (Fsp3) is 0.524. The third kappa shape index (κ3) is 8.50. The Morgan fingerprint density at radius 3 is 2.07 bits per heavy atom. The molecule has 2 atom stereocenters. The SMILES string of the molecule is CCOC(=O)c1ccc(NC(=O)[C@@H](C)NC(=O)[C@@H](CC)NC(=O)OC(C)(C)C)cc1. The van der Waals surface area contributed by atoms with Crippen LogP contribution in [0.4, 0.5) is 10.5 Å². The molecule has 1 aromatic rings. The molecule has 166 valence electrons. The van der Waals surface area contributed by atoms with Crippen LogP contribution in [0.5, 0.6) is 0 Å². The van der Waals surface area contributed by atoms with Crippen LogP contribution in [0, 0.1) is 0 Å². The van der Waals surface area contributed by atoms with Gasteiger partial charge in [-0.05, 0) is 65.3 Å². The normalized spacial score (nSPS) is 12.9. The lowest BCUT2D eigenvalue weighted by atomic mass is 10.1. The standard InChI is InChI=1S/C21H31N3O6/c1-7-16(24-20(28)30-21(4,5)6)18(26)22-13(3)17(25)23-15-11-9-14(10-12-15)19(27)29-8-2/h9-13,16H,7-8H2,1-6H3,(H,22,26)(H,23,25)(H,24,28)/t13-,16-/m1/s1. The number of hydrogen-bond donors (Lipinski definition) is 3. The van der Waals surface area contributed by atoms with Crippen LogP contribution < -0.4 is 16.0 Å². The van der Waals surface area contributed by atoms with Crippen molar-refractivity contribution < 1.29 is 28.7 Å². The zero-order valence-corrected chi connectivity index (χ0v) is 18.3. The van der Waals surface area contributed by atoms with Crippen LogP contribution >= 0.6 is 0 Å². The highest BCUT2D eigenvalue weighted by Gasteiger charge is 2.25. The van der Waals surface area contributed by atoms with E-state index in [1.54, 1.807) is 46.8 Å². The predicted molar refractivity (Wildman–Crippen MR) is 112 cm³/mol. The van der Waals surface area contributed by atoms with E-state index in [1.807, 2.05) is 0 Å². The van der Waals surface area contributed by atoms with Crippen molar-refractivity contribution in [3.05, 3.63) is 29.8 Å². The number of nitrogens with one attached hydrogen (secondary N) is 3. The molecule has 0 fully saturated rings. The van der Waals surface area contributed by atoms with Crippen LogP contribution in [0.2, 0.25) is 0 Å². The van der Waals surface area contributed by atoms with Crippen molar-refractivity contribution in [3.63, 3.8) is 0 Å². The summed E-state index contributed by atoms with van der Waals surface area (Å²) in [6.45, 7) is 10.4. The van der Waals surface area contributed by atoms with E-state index in [0.29, 0.717) is 17.7 Å². The van der Waals surface area contributed by atoms with Crippen molar-refractivity contribution in [3.8, 4) is 0 Å². The Morgan fingerprint density at radius 1 is 0.967 bits per heavy atom. The summed E-state index contributed by atoms with van der Waals surface area (Å²) in [7, 11) is 0. The molecule has 9 nitrogen and oxygen atoms in total. The van der Waals surface area contributed by atoms with E-state index in [1.165, 1.54) is 19.1 Å². The molecule has 0 aromatic heterocycles. The lowest BCUT2D eigenvalue weighted by Gasteiger charge is -2.23. The summed E-state index contributed by atoms with van der Waals surface area (Å²) in [5.74, 6) is -1.39. The second kappa shape index (κ2) is 11.2. The molecular weight excluding hydrogens is 390 g/mol. The summed E-state index contributed by atoms with van der Waals surface area (Å²) in [5.41, 5.74) is 0.151. The lowest BCUT2D eigenvalue weighted by molar-refractivity contribution is -0.127. The number of esters is 1. The van der Waals surface area contributed by atoms with Crippen molar-refractivity contribution in [2.45, 2.75) is 65.6 Å². The molecule has 0 heterocycles. The first kappa shape index (κ1) is 24.9. The number of rotatable bonds is 8. The maximum absolute atomic E-state index is 12.4. The molecule has 0 aliphatic rings. The molecule has 3 N–H and O–H groups in total. The van der Waals surface area contributed by atoms with E-state index >= 15 is 0 Å². The third-order valence-electron chi connectivity index (χ3n) is 3.83. The summed E-state index contributed by atoms with van der Waals surface area (Å²) in [4.78, 5) is 48.3. The molecule has 0 saturated carbocycles. The summed E-state index contributed by atoms with van der Waals surface area (Å²) in [6.07, 6.45) is -0.377. The Kier molecular flexibility index (Phi) is 9.29. The Balaban J connectivity index is 2.62. The molecule has 0 radical (unpaired) electrons. The zero-order valence-electron chi connectivity index (χ0n) is 18.3.